The van der Waals surface area contributed by atoms with Crippen molar-refractivity contribution >= 4 is 51.4 Å². The fourth-order valence-electron chi connectivity index (χ4n) is 3.21. The third-order valence-corrected chi connectivity index (χ3v) is 6.46. The molecule has 30 heavy (non-hydrogen) atoms. The summed E-state index contributed by atoms with van der Waals surface area (Å²) in [6.07, 6.45) is 0. The minimum absolute atomic E-state index is 0.315. The van der Waals surface area contributed by atoms with Crippen LogP contribution in [0.25, 0.3) is 11.0 Å². The first-order chi connectivity index (χ1) is 14.6. The maximum atomic E-state index is 12.1. The summed E-state index contributed by atoms with van der Waals surface area (Å²) in [5.41, 5.74) is 4.81. The van der Waals surface area contributed by atoms with Crippen LogP contribution in [0.3, 0.4) is 0 Å². The fourth-order valence-corrected chi connectivity index (χ4v) is 4.54. The lowest BCUT2D eigenvalue weighted by Crippen LogP contribution is -2.04. The number of thioether (sulfide) groups is 1. The van der Waals surface area contributed by atoms with Gasteiger partial charge >= 0.3 is 5.97 Å². The fraction of sp³-hybridized carbons (Fsp3) is 0.167. The van der Waals surface area contributed by atoms with Crippen LogP contribution in [0.2, 0.25) is 0 Å². The van der Waals surface area contributed by atoms with Crippen molar-refractivity contribution in [3.8, 4) is 0 Å². The lowest BCUT2D eigenvalue weighted by molar-refractivity contribution is 0.0526. The summed E-state index contributed by atoms with van der Waals surface area (Å²) in [6.45, 7) is 2.89. The third-order valence-electron chi connectivity index (χ3n) is 4.69. The van der Waals surface area contributed by atoms with Crippen LogP contribution in [0.1, 0.15) is 28.4 Å². The van der Waals surface area contributed by atoms with Gasteiger partial charge in [-0.05, 0) is 71.0 Å². The average molecular weight is 528 g/mol. The summed E-state index contributed by atoms with van der Waals surface area (Å²) in [4.78, 5) is 17.0. The van der Waals surface area contributed by atoms with Crippen LogP contribution in [0.4, 0.5) is 0 Å². The molecule has 1 aromatic heterocycles. The van der Waals surface area contributed by atoms with E-state index in [0.29, 0.717) is 12.2 Å². The van der Waals surface area contributed by atoms with Crippen molar-refractivity contribution in [3.05, 3.63) is 93.1 Å². The predicted molar refractivity (Wildman–Crippen MR) is 130 cm³/mol. The van der Waals surface area contributed by atoms with Crippen molar-refractivity contribution in [1.29, 1.82) is 0 Å². The van der Waals surface area contributed by atoms with Crippen LogP contribution in [-0.2, 0) is 17.0 Å². The molecule has 4 aromatic rings. The van der Waals surface area contributed by atoms with Gasteiger partial charge in [0.05, 0.1) is 29.7 Å². The first kappa shape index (κ1) is 20.9. The van der Waals surface area contributed by atoms with E-state index >= 15 is 0 Å². The van der Waals surface area contributed by atoms with Crippen molar-refractivity contribution in [3.63, 3.8) is 0 Å². The Bertz CT molecular complexity index is 1160. The van der Waals surface area contributed by atoms with Crippen LogP contribution in [0.5, 0.6) is 0 Å². The van der Waals surface area contributed by atoms with E-state index in [2.05, 4.69) is 63.6 Å². The highest BCUT2D eigenvalue weighted by Crippen LogP contribution is 2.29. The van der Waals surface area contributed by atoms with Crippen LogP contribution in [-0.4, -0.2) is 22.1 Å². The molecule has 0 aliphatic rings. The van der Waals surface area contributed by atoms with E-state index in [1.165, 1.54) is 14.7 Å². The van der Waals surface area contributed by atoms with Gasteiger partial charge in [0.1, 0.15) is 0 Å². The van der Waals surface area contributed by atoms with E-state index in [9.17, 15) is 4.79 Å². The van der Waals surface area contributed by atoms with Crippen molar-refractivity contribution in [1.82, 2.24) is 9.55 Å². The summed E-state index contributed by atoms with van der Waals surface area (Å²) in [7, 11) is 0. The summed E-state index contributed by atoms with van der Waals surface area (Å²) in [5.74, 6) is 0.518. The zero-order valence-electron chi connectivity index (χ0n) is 16.5. The molecule has 0 fully saturated rings. The molecule has 0 radical (unpaired) electrons. The first-order valence-corrected chi connectivity index (χ1v) is 11.8. The Balaban J connectivity index is 1.68. The van der Waals surface area contributed by atoms with E-state index in [4.69, 9.17) is 9.72 Å². The van der Waals surface area contributed by atoms with Gasteiger partial charge in [-0.15, -0.1) is 0 Å². The highest BCUT2D eigenvalue weighted by molar-refractivity contribution is 14.1. The molecular formula is C24H21IN2O2S. The van der Waals surface area contributed by atoms with Gasteiger partial charge in [0.25, 0.3) is 0 Å². The standard InChI is InChI=1S/C24H21IN2O2S/c1-2-29-23(28)19-10-13-22-21(14-19)26-24(27(22)15-17-6-4-3-5-7-17)30-16-18-8-11-20(25)12-9-18/h3-14H,2,15-16H2,1H3. The Morgan fingerprint density at radius 1 is 1.03 bits per heavy atom. The van der Waals surface area contributed by atoms with Gasteiger partial charge in [-0.3, -0.25) is 0 Å². The number of hydrogen-bond donors (Lipinski definition) is 0. The minimum atomic E-state index is -0.315. The summed E-state index contributed by atoms with van der Waals surface area (Å²) in [5, 5.41) is 0.938. The number of fused-ring (bicyclic) bond motifs is 1. The van der Waals surface area contributed by atoms with Gasteiger partial charge < -0.3 is 9.30 Å². The number of halogens is 1. The molecule has 0 atom stereocenters. The Morgan fingerprint density at radius 2 is 1.80 bits per heavy atom. The van der Waals surface area contributed by atoms with E-state index in [1.54, 1.807) is 11.8 Å². The second-order valence-corrected chi connectivity index (χ2v) is 8.99. The highest BCUT2D eigenvalue weighted by atomic mass is 127. The predicted octanol–water partition coefficient (Wildman–Crippen LogP) is 6.16. The number of carbonyl (C=O) groups is 1. The number of rotatable bonds is 7. The number of imidazole rings is 1. The number of nitrogens with zero attached hydrogens (tertiary/aromatic N) is 2. The Hall–Kier alpha value is -2.32. The topological polar surface area (TPSA) is 44.1 Å². The van der Waals surface area contributed by atoms with Gasteiger partial charge in [-0.2, -0.15) is 0 Å². The molecule has 0 amide bonds. The lowest BCUT2D eigenvalue weighted by Gasteiger charge is -2.09. The Labute approximate surface area is 193 Å². The van der Waals surface area contributed by atoms with Crippen molar-refractivity contribution in [2.45, 2.75) is 24.4 Å². The molecule has 0 aliphatic carbocycles. The first-order valence-electron chi connectivity index (χ1n) is 9.72. The number of carbonyl (C=O) groups excluding carboxylic acids is 1. The number of aromatic nitrogens is 2. The molecule has 0 saturated heterocycles. The van der Waals surface area contributed by atoms with E-state index in [-0.39, 0.29) is 5.97 Å². The maximum absolute atomic E-state index is 12.1. The van der Waals surface area contributed by atoms with Gasteiger partial charge in [0.15, 0.2) is 5.16 Å². The highest BCUT2D eigenvalue weighted by Gasteiger charge is 2.15. The van der Waals surface area contributed by atoms with Crippen LogP contribution in [0, 0.1) is 3.57 Å². The summed E-state index contributed by atoms with van der Waals surface area (Å²) < 4.78 is 8.59. The van der Waals surface area contributed by atoms with Gasteiger partial charge in [-0.25, -0.2) is 9.78 Å². The van der Waals surface area contributed by atoms with Crippen molar-refractivity contribution < 1.29 is 9.53 Å². The zero-order valence-corrected chi connectivity index (χ0v) is 19.5. The summed E-state index contributed by atoms with van der Waals surface area (Å²) in [6, 6.07) is 24.5. The van der Waals surface area contributed by atoms with Crippen molar-refractivity contribution in [2.24, 2.45) is 0 Å². The molecule has 3 aromatic carbocycles. The van der Waals surface area contributed by atoms with Gasteiger partial charge in [-0.1, -0.05) is 54.2 Å². The van der Waals surface area contributed by atoms with Gasteiger partial charge in [0.2, 0.25) is 0 Å². The molecule has 6 heteroatoms. The van der Waals surface area contributed by atoms with Crippen LogP contribution >= 0.6 is 34.4 Å². The molecule has 4 nitrogen and oxygen atoms in total. The van der Waals surface area contributed by atoms with E-state index < -0.39 is 0 Å². The molecule has 0 spiro atoms. The monoisotopic (exact) mass is 528 g/mol. The largest absolute Gasteiger partial charge is 0.462 e. The molecule has 152 valence electrons. The molecular weight excluding hydrogens is 507 g/mol. The number of esters is 1. The van der Waals surface area contributed by atoms with E-state index in [0.717, 1.165) is 28.5 Å². The van der Waals surface area contributed by atoms with Crippen molar-refractivity contribution in [2.75, 3.05) is 6.61 Å². The Morgan fingerprint density at radius 3 is 2.53 bits per heavy atom. The second-order valence-electron chi connectivity index (χ2n) is 6.81. The quantitative estimate of drug-likeness (QED) is 0.164. The molecule has 0 N–H and O–H groups in total. The third kappa shape index (κ3) is 4.87. The zero-order chi connectivity index (χ0) is 20.9. The Kier molecular flexibility index (Phi) is 6.74. The molecule has 1 heterocycles. The normalized spacial score (nSPS) is 11.0. The molecule has 0 aliphatic heterocycles. The number of hydrogen-bond acceptors (Lipinski definition) is 4. The SMILES string of the molecule is CCOC(=O)c1ccc2c(c1)nc(SCc1ccc(I)cc1)n2Cc1ccccc1. The number of ether oxygens (including phenoxy) is 1. The molecule has 0 saturated carbocycles. The molecule has 0 bridgehead atoms. The maximum Gasteiger partial charge on any atom is 0.338 e. The van der Waals surface area contributed by atoms with Crippen LogP contribution < -0.4 is 0 Å². The van der Waals surface area contributed by atoms with E-state index in [1.807, 2.05) is 43.3 Å². The lowest BCUT2D eigenvalue weighted by atomic mass is 10.2. The second kappa shape index (κ2) is 9.66. The summed E-state index contributed by atoms with van der Waals surface area (Å²) >= 11 is 4.03. The smallest absolute Gasteiger partial charge is 0.338 e. The van der Waals surface area contributed by atoms with Crippen LogP contribution in [0.15, 0.2) is 78.0 Å². The number of benzene rings is 3. The molecule has 0 unspecified atom stereocenters. The average Bonchev–Trinajstić information content (AvgIpc) is 3.11. The van der Waals surface area contributed by atoms with Gasteiger partial charge in [0, 0.05) is 9.32 Å². The minimum Gasteiger partial charge on any atom is -0.462 e. The molecule has 4 rings (SSSR count).